The van der Waals surface area contributed by atoms with Crippen LogP contribution in [0.4, 0.5) is 11.4 Å². The second-order valence-electron chi connectivity index (χ2n) is 5.88. The van der Waals surface area contributed by atoms with Gasteiger partial charge < -0.3 is 9.88 Å². The fourth-order valence-corrected chi connectivity index (χ4v) is 4.98. The van der Waals surface area contributed by atoms with Crippen LogP contribution in [0.15, 0.2) is 51.7 Å². The number of carbonyl (C=O) groups excluding carboxylic acids is 1. The highest BCUT2D eigenvalue weighted by atomic mass is 79.9. The molecular weight excluding hydrogens is 454 g/mol. The summed E-state index contributed by atoms with van der Waals surface area (Å²) in [7, 11) is -1.98. The summed E-state index contributed by atoms with van der Waals surface area (Å²) in [5.74, 6) is -0.487. The quantitative estimate of drug-likeness (QED) is 0.621. The Morgan fingerprint density at radius 1 is 1.26 bits per heavy atom. The molecule has 1 N–H and O–H groups in total. The van der Waals surface area contributed by atoms with Crippen LogP contribution in [0.25, 0.3) is 10.2 Å². The molecule has 1 heterocycles. The van der Waals surface area contributed by atoms with Crippen LogP contribution in [0, 0.1) is 0 Å². The van der Waals surface area contributed by atoms with E-state index in [0.717, 1.165) is 32.1 Å². The van der Waals surface area contributed by atoms with Gasteiger partial charge >= 0.3 is 4.87 Å². The van der Waals surface area contributed by atoms with E-state index in [2.05, 4.69) is 21.2 Å². The number of benzene rings is 2. The third-order valence-corrected chi connectivity index (χ3v) is 6.68. The fraction of sp³-hybridized carbons (Fsp3) is 0.176. The first-order chi connectivity index (χ1) is 12.7. The Kier molecular flexibility index (Phi) is 5.41. The van der Waals surface area contributed by atoms with Gasteiger partial charge in [0.1, 0.15) is 6.54 Å². The van der Waals surface area contributed by atoms with Crippen molar-refractivity contribution in [1.29, 1.82) is 0 Å². The van der Waals surface area contributed by atoms with Gasteiger partial charge in [0.25, 0.3) is 0 Å². The van der Waals surface area contributed by atoms with Gasteiger partial charge in [-0.25, -0.2) is 8.42 Å². The molecule has 3 rings (SSSR count). The summed E-state index contributed by atoms with van der Waals surface area (Å²) >= 11 is 4.39. The number of nitrogens with zero attached hydrogens (tertiary/aromatic N) is 2. The maximum Gasteiger partial charge on any atom is 0.307 e. The maximum atomic E-state index is 12.5. The zero-order valence-electron chi connectivity index (χ0n) is 14.5. The van der Waals surface area contributed by atoms with Gasteiger partial charge in [-0.15, -0.1) is 0 Å². The normalized spacial score (nSPS) is 11.5. The van der Waals surface area contributed by atoms with Gasteiger partial charge in [0.05, 0.1) is 22.2 Å². The van der Waals surface area contributed by atoms with Crippen molar-refractivity contribution in [3.8, 4) is 0 Å². The molecule has 142 valence electrons. The second-order valence-corrected chi connectivity index (χ2v) is 9.63. The highest BCUT2D eigenvalue weighted by molar-refractivity contribution is 9.10. The van der Waals surface area contributed by atoms with Crippen molar-refractivity contribution in [2.75, 3.05) is 22.4 Å². The molecular formula is C17H16BrN3O4S2. The van der Waals surface area contributed by atoms with E-state index in [1.807, 2.05) is 0 Å². The molecule has 0 fully saturated rings. The van der Waals surface area contributed by atoms with Gasteiger partial charge in [0.15, 0.2) is 0 Å². The average Bonchev–Trinajstić information content (AvgIpc) is 2.86. The van der Waals surface area contributed by atoms with Crippen molar-refractivity contribution in [2.24, 2.45) is 7.05 Å². The number of amides is 1. The molecule has 1 aromatic heterocycles. The molecule has 0 aliphatic rings. The zero-order chi connectivity index (χ0) is 19.8. The lowest BCUT2D eigenvalue weighted by Crippen LogP contribution is -2.37. The Morgan fingerprint density at radius 3 is 2.63 bits per heavy atom. The zero-order valence-corrected chi connectivity index (χ0v) is 17.7. The SMILES string of the molecule is Cn1c(=O)sc2cc(NC(=O)CN(c3ccccc3Br)S(C)(=O)=O)ccc21. The Balaban J connectivity index is 1.85. The number of fused-ring (bicyclic) bond motifs is 1. The van der Waals surface area contributed by atoms with E-state index in [0.29, 0.717) is 15.8 Å². The van der Waals surface area contributed by atoms with E-state index < -0.39 is 15.9 Å². The molecule has 27 heavy (non-hydrogen) atoms. The lowest BCUT2D eigenvalue weighted by molar-refractivity contribution is -0.114. The summed E-state index contributed by atoms with van der Waals surface area (Å²) in [5, 5.41) is 2.69. The van der Waals surface area contributed by atoms with Crippen LogP contribution < -0.4 is 14.5 Å². The third-order valence-electron chi connectivity index (χ3n) is 3.88. The molecule has 0 saturated heterocycles. The average molecular weight is 470 g/mol. The number of aryl methyl sites for hydroxylation is 1. The number of carbonyl (C=O) groups is 1. The summed E-state index contributed by atoms with van der Waals surface area (Å²) in [5.41, 5.74) is 1.65. The number of hydrogen-bond acceptors (Lipinski definition) is 5. The van der Waals surface area contributed by atoms with Crippen LogP contribution in [0.5, 0.6) is 0 Å². The Bertz CT molecular complexity index is 1180. The molecule has 1 amide bonds. The van der Waals surface area contributed by atoms with E-state index in [9.17, 15) is 18.0 Å². The van der Waals surface area contributed by atoms with E-state index in [4.69, 9.17) is 0 Å². The van der Waals surface area contributed by atoms with Gasteiger partial charge in [-0.1, -0.05) is 23.5 Å². The number of rotatable bonds is 5. The van der Waals surface area contributed by atoms with E-state index in [-0.39, 0.29) is 11.4 Å². The number of nitrogens with one attached hydrogen (secondary N) is 1. The first-order valence-electron chi connectivity index (χ1n) is 7.78. The lowest BCUT2D eigenvalue weighted by atomic mass is 10.3. The molecule has 0 radical (unpaired) electrons. The van der Waals surface area contributed by atoms with Crippen LogP contribution in [-0.2, 0) is 21.9 Å². The number of halogens is 1. The van der Waals surface area contributed by atoms with Gasteiger partial charge in [0, 0.05) is 17.2 Å². The molecule has 0 bridgehead atoms. The molecule has 7 nitrogen and oxygen atoms in total. The summed E-state index contributed by atoms with van der Waals surface area (Å²) in [6.07, 6.45) is 1.05. The number of anilines is 2. The molecule has 0 aliphatic carbocycles. The van der Waals surface area contributed by atoms with E-state index in [1.54, 1.807) is 49.5 Å². The van der Waals surface area contributed by atoms with Gasteiger partial charge in [0.2, 0.25) is 15.9 Å². The number of sulfonamides is 1. The smallest absolute Gasteiger partial charge is 0.307 e. The summed E-state index contributed by atoms with van der Waals surface area (Å²) in [6, 6.07) is 11.9. The van der Waals surface area contributed by atoms with Gasteiger partial charge in [-0.3, -0.25) is 13.9 Å². The van der Waals surface area contributed by atoms with Crippen molar-refractivity contribution in [3.63, 3.8) is 0 Å². The number of hydrogen-bond donors (Lipinski definition) is 1. The molecule has 0 saturated carbocycles. The summed E-state index contributed by atoms with van der Waals surface area (Å²) < 4.78 is 28.2. The molecule has 0 spiro atoms. The minimum Gasteiger partial charge on any atom is -0.324 e. The van der Waals surface area contributed by atoms with Crippen molar-refractivity contribution in [3.05, 3.63) is 56.6 Å². The number of thiazole rings is 1. The van der Waals surface area contributed by atoms with E-state index >= 15 is 0 Å². The lowest BCUT2D eigenvalue weighted by Gasteiger charge is -2.23. The molecule has 0 atom stereocenters. The topological polar surface area (TPSA) is 88.5 Å². The van der Waals surface area contributed by atoms with Crippen LogP contribution in [0.3, 0.4) is 0 Å². The summed E-state index contributed by atoms with van der Waals surface area (Å²) in [6.45, 7) is -0.371. The first kappa shape index (κ1) is 19.6. The Labute approximate surface area is 168 Å². The van der Waals surface area contributed by atoms with Crippen molar-refractivity contribution < 1.29 is 13.2 Å². The van der Waals surface area contributed by atoms with Crippen LogP contribution in [-0.4, -0.2) is 31.7 Å². The van der Waals surface area contributed by atoms with Gasteiger partial charge in [-0.05, 0) is 46.3 Å². The van der Waals surface area contributed by atoms with Crippen molar-refractivity contribution in [1.82, 2.24) is 4.57 Å². The van der Waals surface area contributed by atoms with Crippen LogP contribution in [0.1, 0.15) is 0 Å². The molecule has 3 aromatic rings. The monoisotopic (exact) mass is 469 g/mol. The van der Waals surface area contributed by atoms with Crippen LogP contribution in [0.2, 0.25) is 0 Å². The Morgan fingerprint density at radius 2 is 1.96 bits per heavy atom. The minimum atomic E-state index is -3.66. The molecule has 2 aromatic carbocycles. The highest BCUT2D eigenvalue weighted by Crippen LogP contribution is 2.27. The van der Waals surface area contributed by atoms with E-state index in [1.165, 1.54) is 4.57 Å². The molecule has 10 heteroatoms. The maximum absolute atomic E-state index is 12.5. The first-order valence-corrected chi connectivity index (χ1v) is 11.2. The van der Waals surface area contributed by atoms with Crippen molar-refractivity contribution >= 4 is 64.8 Å². The Hall–Kier alpha value is -2.17. The standard InChI is InChI=1S/C17H16BrN3O4S2/c1-20-14-8-7-11(9-15(14)26-17(20)23)19-16(22)10-21(27(2,24)25)13-6-4-3-5-12(13)18/h3-9H,10H2,1-2H3,(H,19,22). The fourth-order valence-electron chi connectivity index (χ4n) is 2.58. The summed E-state index contributed by atoms with van der Waals surface area (Å²) in [4.78, 5) is 24.1. The number of aromatic nitrogens is 1. The predicted molar refractivity (Wildman–Crippen MR) is 112 cm³/mol. The van der Waals surface area contributed by atoms with Crippen molar-refractivity contribution in [2.45, 2.75) is 0 Å². The van der Waals surface area contributed by atoms with Gasteiger partial charge in [-0.2, -0.15) is 0 Å². The largest absolute Gasteiger partial charge is 0.324 e. The molecule has 0 unspecified atom stereocenters. The minimum absolute atomic E-state index is 0.0920. The predicted octanol–water partition coefficient (Wildman–Crippen LogP) is 2.77. The van der Waals surface area contributed by atoms with Crippen LogP contribution >= 0.6 is 27.3 Å². The second kappa shape index (κ2) is 7.45. The third kappa shape index (κ3) is 4.23. The molecule has 0 aliphatic heterocycles. The number of para-hydroxylation sites is 1. The highest BCUT2D eigenvalue weighted by Gasteiger charge is 2.22.